The fraction of sp³-hybridized carbons (Fsp3) is 0. The van der Waals surface area contributed by atoms with E-state index in [2.05, 4.69) is 0 Å². The van der Waals surface area contributed by atoms with Crippen LogP contribution in [0.4, 0.5) is 0 Å². The summed E-state index contributed by atoms with van der Waals surface area (Å²) in [4.78, 5) is -1.30. The smallest absolute Gasteiger partial charge is 0.872 e. The maximum absolute atomic E-state index is 11.5. The van der Waals surface area contributed by atoms with Crippen molar-refractivity contribution in [2.45, 2.75) is 9.79 Å². The van der Waals surface area contributed by atoms with Gasteiger partial charge in [-0.2, -0.15) is 16.8 Å². The fourth-order valence-corrected chi connectivity index (χ4v) is 2.70. The van der Waals surface area contributed by atoms with Gasteiger partial charge in [0.1, 0.15) is 0 Å². The van der Waals surface area contributed by atoms with Crippen LogP contribution >= 0.6 is 0 Å². The Hall–Kier alpha value is -0.680. The summed E-state index contributed by atoms with van der Waals surface area (Å²) in [6, 6.07) is 5.12. The van der Waals surface area contributed by atoms with E-state index in [1.807, 2.05) is 0 Å². The summed E-state index contributed by atoms with van der Waals surface area (Å²) in [6.45, 7) is 0. The summed E-state index contributed by atoms with van der Waals surface area (Å²) < 4.78 is 61.6. The molecular formula is C10H7NaO7S2. The number of benzene rings is 2. The van der Waals surface area contributed by atoms with Crippen molar-refractivity contribution in [3.05, 3.63) is 30.3 Å². The Morgan fingerprint density at radius 1 is 0.850 bits per heavy atom. The first-order valence-corrected chi connectivity index (χ1v) is 7.67. The number of rotatable bonds is 2. The summed E-state index contributed by atoms with van der Waals surface area (Å²) in [5.74, 6) is -0.908. The van der Waals surface area contributed by atoms with E-state index in [0.717, 1.165) is 24.3 Å². The molecule has 0 aliphatic rings. The Balaban J connectivity index is 0.00000200. The minimum Gasteiger partial charge on any atom is -0.872 e. The van der Waals surface area contributed by atoms with E-state index >= 15 is 0 Å². The van der Waals surface area contributed by atoms with Crippen LogP contribution in [0.15, 0.2) is 40.1 Å². The molecule has 102 valence electrons. The van der Waals surface area contributed by atoms with Gasteiger partial charge >= 0.3 is 29.6 Å². The van der Waals surface area contributed by atoms with Crippen LogP contribution < -0.4 is 34.7 Å². The summed E-state index contributed by atoms with van der Waals surface area (Å²) in [7, 11) is -9.14. The number of hydrogen-bond acceptors (Lipinski definition) is 5. The van der Waals surface area contributed by atoms with Crippen LogP contribution in [0.5, 0.6) is 5.75 Å². The third-order valence-electron chi connectivity index (χ3n) is 2.45. The summed E-state index contributed by atoms with van der Waals surface area (Å²) in [6.07, 6.45) is 0. The largest absolute Gasteiger partial charge is 1.00 e. The van der Waals surface area contributed by atoms with Crippen LogP contribution in [-0.2, 0) is 20.2 Å². The van der Waals surface area contributed by atoms with Gasteiger partial charge in [0.15, 0.2) is 0 Å². The first kappa shape index (κ1) is 17.4. The van der Waals surface area contributed by atoms with Gasteiger partial charge in [-0.3, -0.25) is 9.11 Å². The van der Waals surface area contributed by atoms with Gasteiger partial charge in [-0.25, -0.2) is 0 Å². The Labute approximate surface area is 137 Å². The standard InChI is InChI=1S/C10H8O7S2.Na/c11-9-4-6-1-2-8(18(12,13)14)3-7(6)5-10(9)19(15,16)17;/h1-5,11H,(H,12,13,14)(H,15,16,17);/q;+1/p-1. The van der Waals surface area contributed by atoms with Gasteiger partial charge in [-0.15, -0.1) is 0 Å². The summed E-state index contributed by atoms with van der Waals surface area (Å²) >= 11 is 0. The van der Waals surface area contributed by atoms with Crippen LogP contribution in [-0.4, -0.2) is 25.9 Å². The molecular weight excluding hydrogens is 319 g/mol. The SMILES string of the molecule is O=S(=O)(O)c1ccc2cc([O-])c(S(=O)(=O)O)cc2c1.[Na+]. The zero-order valence-corrected chi connectivity index (χ0v) is 13.8. The molecule has 0 aliphatic carbocycles. The molecule has 10 heteroatoms. The van der Waals surface area contributed by atoms with Crippen LogP contribution in [0, 0.1) is 0 Å². The van der Waals surface area contributed by atoms with E-state index in [1.165, 1.54) is 6.07 Å². The van der Waals surface area contributed by atoms with Crippen molar-refractivity contribution in [2.75, 3.05) is 0 Å². The van der Waals surface area contributed by atoms with Gasteiger partial charge in [0, 0.05) is 0 Å². The average molecular weight is 326 g/mol. The second-order valence-corrected chi connectivity index (χ2v) is 6.57. The molecule has 0 bridgehead atoms. The van der Waals surface area contributed by atoms with Crippen molar-refractivity contribution in [3.63, 3.8) is 0 Å². The molecule has 0 unspecified atom stereocenters. The molecule has 2 aromatic rings. The van der Waals surface area contributed by atoms with Crippen molar-refractivity contribution in [3.8, 4) is 5.75 Å². The van der Waals surface area contributed by atoms with E-state index in [-0.39, 0.29) is 40.3 Å². The van der Waals surface area contributed by atoms with Gasteiger partial charge in [-0.05, 0) is 29.0 Å². The quantitative estimate of drug-likeness (QED) is 0.457. The predicted molar refractivity (Wildman–Crippen MR) is 63.0 cm³/mol. The second-order valence-electron chi connectivity index (χ2n) is 3.76. The van der Waals surface area contributed by atoms with Gasteiger partial charge < -0.3 is 5.11 Å². The molecule has 0 amide bonds. The third-order valence-corrected chi connectivity index (χ3v) is 4.17. The van der Waals surface area contributed by atoms with Crippen LogP contribution in [0.1, 0.15) is 0 Å². The van der Waals surface area contributed by atoms with Crippen molar-refractivity contribution < 1.29 is 60.6 Å². The number of hydrogen-bond donors (Lipinski definition) is 2. The fourth-order valence-electron chi connectivity index (χ4n) is 1.60. The van der Waals surface area contributed by atoms with E-state index in [0.29, 0.717) is 0 Å². The molecule has 20 heavy (non-hydrogen) atoms. The van der Waals surface area contributed by atoms with Crippen LogP contribution in [0.25, 0.3) is 10.8 Å². The average Bonchev–Trinajstić information content (AvgIpc) is 2.24. The van der Waals surface area contributed by atoms with Crippen molar-refractivity contribution >= 4 is 31.0 Å². The molecule has 7 nitrogen and oxygen atoms in total. The Morgan fingerprint density at radius 3 is 1.95 bits per heavy atom. The van der Waals surface area contributed by atoms with E-state index < -0.39 is 35.8 Å². The molecule has 0 aliphatic heterocycles. The number of fused-ring (bicyclic) bond motifs is 1. The molecule has 2 aromatic carbocycles. The maximum atomic E-state index is 11.5. The van der Waals surface area contributed by atoms with E-state index in [1.54, 1.807) is 0 Å². The summed E-state index contributed by atoms with van der Waals surface area (Å²) in [5.41, 5.74) is 0. The maximum Gasteiger partial charge on any atom is 1.00 e. The van der Waals surface area contributed by atoms with Gasteiger partial charge in [0.25, 0.3) is 20.2 Å². The zero-order valence-electron chi connectivity index (χ0n) is 10.1. The molecule has 2 N–H and O–H groups in total. The zero-order chi connectivity index (χ0) is 14.4. The molecule has 0 heterocycles. The van der Waals surface area contributed by atoms with Gasteiger partial charge in [0.05, 0.1) is 9.79 Å². The molecule has 0 spiro atoms. The molecule has 0 saturated carbocycles. The Bertz CT molecular complexity index is 872. The van der Waals surface area contributed by atoms with E-state index in [4.69, 9.17) is 9.11 Å². The van der Waals surface area contributed by atoms with Crippen LogP contribution in [0.3, 0.4) is 0 Å². The minimum atomic E-state index is -4.70. The van der Waals surface area contributed by atoms with E-state index in [9.17, 15) is 21.9 Å². The third kappa shape index (κ3) is 3.50. The second kappa shape index (κ2) is 5.60. The van der Waals surface area contributed by atoms with Crippen molar-refractivity contribution in [2.24, 2.45) is 0 Å². The first-order valence-electron chi connectivity index (χ1n) is 4.79. The monoisotopic (exact) mass is 326 g/mol. The van der Waals surface area contributed by atoms with Gasteiger partial charge in [-0.1, -0.05) is 17.9 Å². The molecule has 0 aromatic heterocycles. The molecule has 0 fully saturated rings. The summed E-state index contributed by atoms with van der Waals surface area (Å²) in [5, 5.41) is 11.8. The van der Waals surface area contributed by atoms with Crippen molar-refractivity contribution in [1.82, 2.24) is 0 Å². The molecule has 0 radical (unpaired) electrons. The van der Waals surface area contributed by atoms with Crippen molar-refractivity contribution in [1.29, 1.82) is 0 Å². The predicted octanol–water partition coefficient (Wildman–Crippen LogP) is -2.59. The molecule has 2 rings (SSSR count). The Morgan fingerprint density at radius 2 is 1.45 bits per heavy atom. The first-order chi connectivity index (χ1) is 8.59. The van der Waals surface area contributed by atoms with Crippen LogP contribution in [0.2, 0.25) is 0 Å². The molecule has 0 atom stereocenters. The Kier molecular flexibility index (Phi) is 4.87. The van der Waals surface area contributed by atoms with Gasteiger partial charge in [0.2, 0.25) is 0 Å². The topological polar surface area (TPSA) is 132 Å². The molecule has 0 saturated heterocycles. The minimum absolute atomic E-state index is 0. The normalized spacial score (nSPS) is 12.1.